The Morgan fingerprint density at radius 2 is 2.36 bits per heavy atom. The normalized spacial score (nSPS) is 20.2. The summed E-state index contributed by atoms with van der Waals surface area (Å²) in [5.74, 6) is 1.41. The molecule has 1 saturated carbocycles. The summed E-state index contributed by atoms with van der Waals surface area (Å²) in [5.41, 5.74) is 0.198. The minimum Gasteiger partial charge on any atom is -0.388 e. The van der Waals surface area contributed by atoms with Crippen LogP contribution in [0.1, 0.15) is 31.4 Å². The van der Waals surface area contributed by atoms with Crippen LogP contribution in [0.25, 0.3) is 0 Å². The van der Waals surface area contributed by atoms with Crippen molar-refractivity contribution in [2.45, 2.75) is 31.8 Å². The van der Waals surface area contributed by atoms with Gasteiger partial charge in [0, 0.05) is 5.41 Å². The van der Waals surface area contributed by atoms with Gasteiger partial charge in [0.15, 0.2) is 5.82 Å². The number of nitrogens with one attached hydrogen (secondary N) is 1. The first-order valence-corrected chi connectivity index (χ1v) is 3.77. The van der Waals surface area contributed by atoms with Crippen LogP contribution in [0, 0.1) is 0 Å². The molecule has 0 unspecified atom stereocenters. The van der Waals surface area contributed by atoms with Crippen LogP contribution in [0.4, 0.5) is 0 Å². The first-order chi connectivity index (χ1) is 5.24. The van der Waals surface area contributed by atoms with Crippen molar-refractivity contribution >= 4 is 0 Å². The second kappa shape index (κ2) is 2.04. The van der Waals surface area contributed by atoms with Gasteiger partial charge in [-0.15, -0.1) is 0 Å². The molecule has 1 heterocycles. The summed E-state index contributed by atoms with van der Waals surface area (Å²) in [6.07, 6.45) is 2.32. The Hall–Kier alpha value is -0.900. The van der Waals surface area contributed by atoms with Crippen LogP contribution in [0.2, 0.25) is 0 Å². The lowest BCUT2D eigenvalue weighted by atomic mass is 10.1. The minimum atomic E-state index is -0.0525. The second-order valence-electron chi connectivity index (χ2n) is 3.32. The molecule has 0 radical (unpaired) electrons. The van der Waals surface area contributed by atoms with E-state index in [1.807, 2.05) is 0 Å². The number of aliphatic hydroxyl groups excluding tert-OH is 1. The van der Waals surface area contributed by atoms with Gasteiger partial charge in [0.05, 0.1) is 0 Å². The zero-order valence-electron chi connectivity index (χ0n) is 6.46. The summed E-state index contributed by atoms with van der Waals surface area (Å²) >= 11 is 0. The number of aromatic nitrogens is 3. The zero-order chi connectivity index (χ0) is 7.90. The molecule has 1 fully saturated rings. The van der Waals surface area contributed by atoms with Crippen LogP contribution in [0.3, 0.4) is 0 Å². The highest BCUT2D eigenvalue weighted by Crippen LogP contribution is 2.45. The molecular weight excluding hydrogens is 142 g/mol. The van der Waals surface area contributed by atoms with E-state index in [0.717, 1.165) is 18.7 Å². The van der Waals surface area contributed by atoms with E-state index < -0.39 is 0 Å². The summed E-state index contributed by atoms with van der Waals surface area (Å²) in [6, 6.07) is 0. The van der Waals surface area contributed by atoms with Crippen LogP contribution in [0.15, 0.2) is 0 Å². The number of H-pyrrole nitrogens is 1. The van der Waals surface area contributed by atoms with Crippen LogP contribution in [-0.4, -0.2) is 20.3 Å². The molecule has 0 aromatic carbocycles. The Morgan fingerprint density at radius 3 is 2.82 bits per heavy atom. The van der Waals surface area contributed by atoms with E-state index in [2.05, 4.69) is 22.1 Å². The third kappa shape index (κ3) is 1.03. The Bertz CT molecular complexity index is 264. The molecule has 11 heavy (non-hydrogen) atoms. The Balaban J connectivity index is 2.25. The predicted octanol–water partition coefficient (Wildman–Crippen LogP) is 0.348. The number of hydrogen-bond acceptors (Lipinski definition) is 3. The Labute approximate surface area is 64.7 Å². The first-order valence-electron chi connectivity index (χ1n) is 3.77. The molecule has 0 amide bonds. The van der Waals surface area contributed by atoms with E-state index in [9.17, 15) is 0 Å². The number of aromatic amines is 1. The van der Waals surface area contributed by atoms with Crippen molar-refractivity contribution in [3.63, 3.8) is 0 Å². The van der Waals surface area contributed by atoms with E-state index in [-0.39, 0.29) is 12.0 Å². The second-order valence-corrected chi connectivity index (χ2v) is 3.32. The number of hydrogen-bond donors (Lipinski definition) is 2. The van der Waals surface area contributed by atoms with Gasteiger partial charge in [0.1, 0.15) is 12.4 Å². The van der Waals surface area contributed by atoms with Crippen LogP contribution in [-0.2, 0) is 12.0 Å². The van der Waals surface area contributed by atoms with E-state index in [0.29, 0.717) is 5.82 Å². The molecule has 4 heteroatoms. The van der Waals surface area contributed by atoms with Gasteiger partial charge in [0.25, 0.3) is 0 Å². The third-order valence-corrected chi connectivity index (χ3v) is 2.22. The predicted molar refractivity (Wildman–Crippen MR) is 38.9 cm³/mol. The molecule has 0 spiro atoms. The molecule has 1 aliphatic carbocycles. The molecule has 0 atom stereocenters. The van der Waals surface area contributed by atoms with Gasteiger partial charge in [-0.1, -0.05) is 6.92 Å². The molecule has 1 aromatic heterocycles. The van der Waals surface area contributed by atoms with Gasteiger partial charge in [0.2, 0.25) is 0 Å². The third-order valence-electron chi connectivity index (χ3n) is 2.22. The number of nitrogens with zero attached hydrogens (tertiary/aromatic N) is 2. The summed E-state index contributed by atoms with van der Waals surface area (Å²) in [5, 5.41) is 15.4. The van der Waals surface area contributed by atoms with Gasteiger partial charge in [-0.05, 0) is 12.8 Å². The van der Waals surface area contributed by atoms with Crippen LogP contribution >= 0.6 is 0 Å². The molecule has 60 valence electrons. The monoisotopic (exact) mass is 153 g/mol. The molecule has 2 N–H and O–H groups in total. The van der Waals surface area contributed by atoms with Crippen LogP contribution < -0.4 is 0 Å². The van der Waals surface area contributed by atoms with Crippen LogP contribution in [0.5, 0.6) is 0 Å². The van der Waals surface area contributed by atoms with Crippen molar-refractivity contribution < 1.29 is 5.11 Å². The standard InChI is InChI=1S/C7H11N3O/c1-7(2-3-7)6-8-5(4-11)9-10-6/h11H,2-4H2,1H3,(H,8,9,10). The fourth-order valence-electron chi connectivity index (χ4n) is 1.05. The molecular formula is C7H11N3O. The smallest absolute Gasteiger partial charge is 0.156 e. The summed E-state index contributed by atoms with van der Waals surface area (Å²) in [7, 11) is 0. The fraction of sp³-hybridized carbons (Fsp3) is 0.714. The fourth-order valence-corrected chi connectivity index (χ4v) is 1.05. The summed E-state index contributed by atoms with van der Waals surface area (Å²) in [4.78, 5) is 4.15. The number of aliphatic hydroxyl groups is 1. The van der Waals surface area contributed by atoms with Crippen molar-refractivity contribution in [3.8, 4) is 0 Å². The van der Waals surface area contributed by atoms with Gasteiger partial charge in [-0.2, -0.15) is 5.10 Å². The van der Waals surface area contributed by atoms with Crippen molar-refractivity contribution in [2.75, 3.05) is 0 Å². The Morgan fingerprint density at radius 1 is 1.64 bits per heavy atom. The lowest BCUT2D eigenvalue weighted by Crippen LogP contribution is -2.02. The highest BCUT2D eigenvalue weighted by molar-refractivity contribution is 5.14. The van der Waals surface area contributed by atoms with E-state index >= 15 is 0 Å². The average molecular weight is 153 g/mol. The highest BCUT2D eigenvalue weighted by Gasteiger charge is 2.42. The van der Waals surface area contributed by atoms with Crippen molar-refractivity contribution in [3.05, 3.63) is 11.6 Å². The summed E-state index contributed by atoms with van der Waals surface area (Å²) < 4.78 is 0. The van der Waals surface area contributed by atoms with E-state index in [1.165, 1.54) is 0 Å². The lowest BCUT2D eigenvalue weighted by molar-refractivity contribution is 0.271. The highest BCUT2D eigenvalue weighted by atomic mass is 16.3. The zero-order valence-corrected chi connectivity index (χ0v) is 6.46. The van der Waals surface area contributed by atoms with E-state index in [1.54, 1.807) is 0 Å². The molecule has 0 aliphatic heterocycles. The van der Waals surface area contributed by atoms with Crippen molar-refractivity contribution in [2.24, 2.45) is 0 Å². The van der Waals surface area contributed by atoms with Gasteiger partial charge < -0.3 is 5.11 Å². The summed E-state index contributed by atoms with van der Waals surface area (Å²) in [6.45, 7) is 2.08. The maximum atomic E-state index is 8.70. The van der Waals surface area contributed by atoms with Crippen molar-refractivity contribution in [1.29, 1.82) is 0 Å². The minimum absolute atomic E-state index is 0.0525. The molecule has 0 bridgehead atoms. The van der Waals surface area contributed by atoms with Gasteiger partial charge in [-0.3, -0.25) is 5.10 Å². The maximum Gasteiger partial charge on any atom is 0.156 e. The van der Waals surface area contributed by atoms with E-state index in [4.69, 9.17) is 5.11 Å². The topological polar surface area (TPSA) is 61.8 Å². The molecule has 1 aliphatic rings. The largest absolute Gasteiger partial charge is 0.388 e. The molecule has 4 nitrogen and oxygen atoms in total. The molecule has 1 aromatic rings. The van der Waals surface area contributed by atoms with Crippen molar-refractivity contribution in [1.82, 2.24) is 15.2 Å². The molecule has 0 saturated heterocycles. The maximum absolute atomic E-state index is 8.70. The average Bonchev–Trinajstić information content (AvgIpc) is 2.61. The van der Waals surface area contributed by atoms with Gasteiger partial charge in [-0.25, -0.2) is 4.98 Å². The quantitative estimate of drug-likeness (QED) is 0.644. The number of rotatable bonds is 2. The first kappa shape index (κ1) is 6.79. The van der Waals surface area contributed by atoms with Gasteiger partial charge >= 0.3 is 0 Å². The SMILES string of the molecule is CC1(c2n[nH]c(CO)n2)CC1. The lowest BCUT2D eigenvalue weighted by Gasteiger charge is -1.97. The molecule has 2 rings (SSSR count). The Kier molecular flexibility index (Phi) is 1.26.